The Morgan fingerprint density at radius 3 is 2.49 bits per heavy atom. The molecular weight excluding hydrogens is 440 g/mol. The first-order chi connectivity index (χ1) is 16.8. The molecule has 2 heterocycles. The quantitative estimate of drug-likeness (QED) is 0.367. The number of anilines is 2. The second-order valence-corrected chi connectivity index (χ2v) is 8.70. The lowest BCUT2D eigenvalue weighted by atomic mass is 9.85. The summed E-state index contributed by atoms with van der Waals surface area (Å²) in [4.78, 5) is 30.1. The topological polar surface area (TPSA) is 124 Å². The van der Waals surface area contributed by atoms with Crippen LogP contribution in [-0.4, -0.2) is 27.0 Å². The van der Waals surface area contributed by atoms with Crippen molar-refractivity contribution in [2.75, 3.05) is 10.6 Å². The highest BCUT2D eigenvalue weighted by Gasteiger charge is 2.21. The molecule has 35 heavy (non-hydrogen) atoms. The van der Waals surface area contributed by atoms with Crippen molar-refractivity contribution in [1.29, 1.82) is 5.26 Å². The van der Waals surface area contributed by atoms with Gasteiger partial charge in [-0.05, 0) is 62.2 Å². The van der Waals surface area contributed by atoms with Crippen LogP contribution in [0.25, 0.3) is 11.1 Å². The molecular formula is C27H24N6O2. The van der Waals surface area contributed by atoms with Crippen LogP contribution in [0.1, 0.15) is 45.7 Å². The van der Waals surface area contributed by atoms with Gasteiger partial charge in [0, 0.05) is 40.3 Å². The Hall–Kier alpha value is -4.77. The molecule has 0 aliphatic heterocycles. The first kappa shape index (κ1) is 23.4. The van der Waals surface area contributed by atoms with Crippen molar-refractivity contribution in [3.63, 3.8) is 0 Å². The normalized spacial score (nSPS) is 10.9. The van der Waals surface area contributed by atoms with E-state index in [1.165, 1.54) is 0 Å². The molecule has 2 aromatic heterocycles. The van der Waals surface area contributed by atoms with E-state index in [1.807, 2.05) is 19.1 Å². The Labute approximate surface area is 203 Å². The second kappa shape index (κ2) is 9.61. The number of aromatic amines is 1. The van der Waals surface area contributed by atoms with Crippen LogP contribution in [-0.2, 0) is 5.41 Å². The number of aromatic nitrogens is 3. The zero-order chi connectivity index (χ0) is 25.0. The van der Waals surface area contributed by atoms with Gasteiger partial charge >= 0.3 is 0 Å². The Morgan fingerprint density at radius 2 is 1.74 bits per heavy atom. The van der Waals surface area contributed by atoms with Crippen molar-refractivity contribution < 1.29 is 9.59 Å². The third-order valence-corrected chi connectivity index (χ3v) is 5.69. The third-order valence-electron chi connectivity index (χ3n) is 5.69. The van der Waals surface area contributed by atoms with E-state index < -0.39 is 5.41 Å². The summed E-state index contributed by atoms with van der Waals surface area (Å²) in [6.07, 6.45) is 6.68. The lowest BCUT2D eigenvalue weighted by Crippen LogP contribution is -2.18. The van der Waals surface area contributed by atoms with E-state index in [-0.39, 0.29) is 11.8 Å². The maximum atomic E-state index is 13.0. The highest BCUT2D eigenvalue weighted by atomic mass is 16.2. The molecule has 0 aliphatic rings. The summed E-state index contributed by atoms with van der Waals surface area (Å²) in [7, 11) is 0. The molecule has 2 amide bonds. The number of amides is 2. The van der Waals surface area contributed by atoms with Gasteiger partial charge in [0.1, 0.15) is 0 Å². The van der Waals surface area contributed by atoms with Gasteiger partial charge in [-0.3, -0.25) is 19.7 Å². The van der Waals surface area contributed by atoms with Crippen LogP contribution in [0.4, 0.5) is 11.4 Å². The molecule has 0 fully saturated rings. The zero-order valence-electron chi connectivity index (χ0n) is 19.6. The number of rotatable bonds is 6. The minimum Gasteiger partial charge on any atom is -0.322 e. The number of H-pyrrole nitrogens is 1. The molecule has 0 spiro atoms. The maximum absolute atomic E-state index is 13.0. The lowest BCUT2D eigenvalue weighted by molar-refractivity contribution is 0.101. The fourth-order valence-corrected chi connectivity index (χ4v) is 3.53. The Morgan fingerprint density at radius 1 is 0.943 bits per heavy atom. The van der Waals surface area contributed by atoms with Gasteiger partial charge in [0.05, 0.1) is 29.6 Å². The number of nitrogens with zero attached hydrogens (tertiary/aromatic N) is 3. The van der Waals surface area contributed by atoms with Crippen molar-refractivity contribution in [2.24, 2.45) is 0 Å². The van der Waals surface area contributed by atoms with Crippen molar-refractivity contribution in [3.05, 3.63) is 95.6 Å². The molecule has 4 aromatic rings. The highest BCUT2D eigenvalue weighted by Crippen LogP contribution is 2.24. The minimum absolute atomic E-state index is 0.317. The van der Waals surface area contributed by atoms with Gasteiger partial charge in [-0.15, -0.1) is 0 Å². The summed E-state index contributed by atoms with van der Waals surface area (Å²) in [5.41, 5.74) is 4.36. The SMILES string of the molecule is Cc1ccc(NC(=O)c2cccc(C(C)(C)C#N)c2)cc1C(=O)Nc1cncc(-c2cn[nH]c2)c1. The number of nitriles is 1. The van der Waals surface area contributed by atoms with Gasteiger partial charge in [0.2, 0.25) is 0 Å². The Kier molecular flexibility index (Phi) is 6.42. The fraction of sp³-hybridized carbons (Fsp3) is 0.148. The summed E-state index contributed by atoms with van der Waals surface area (Å²) in [6, 6.07) is 16.2. The molecule has 0 bridgehead atoms. The molecule has 0 unspecified atom stereocenters. The van der Waals surface area contributed by atoms with E-state index in [1.54, 1.807) is 75.0 Å². The molecule has 2 aromatic carbocycles. The van der Waals surface area contributed by atoms with Crippen molar-refractivity contribution in [2.45, 2.75) is 26.2 Å². The smallest absolute Gasteiger partial charge is 0.256 e. The van der Waals surface area contributed by atoms with Crippen LogP contribution < -0.4 is 10.6 Å². The first-order valence-electron chi connectivity index (χ1n) is 11.0. The summed E-state index contributed by atoms with van der Waals surface area (Å²) in [5.74, 6) is -0.643. The summed E-state index contributed by atoms with van der Waals surface area (Å²) >= 11 is 0. The van der Waals surface area contributed by atoms with Crippen LogP contribution in [0.2, 0.25) is 0 Å². The number of aryl methyl sites for hydroxylation is 1. The van der Waals surface area contributed by atoms with E-state index in [4.69, 9.17) is 0 Å². The molecule has 0 radical (unpaired) electrons. The highest BCUT2D eigenvalue weighted by molar-refractivity contribution is 6.08. The van der Waals surface area contributed by atoms with Crippen molar-refractivity contribution in [1.82, 2.24) is 15.2 Å². The van der Waals surface area contributed by atoms with Gasteiger partial charge in [-0.2, -0.15) is 10.4 Å². The van der Waals surface area contributed by atoms with Crippen molar-refractivity contribution >= 4 is 23.2 Å². The van der Waals surface area contributed by atoms with Crippen LogP contribution in [0.5, 0.6) is 0 Å². The lowest BCUT2D eigenvalue weighted by Gasteiger charge is -2.16. The molecule has 3 N–H and O–H groups in total. The molecule has 8 heteroatoms. The van der Waals surface area contributed by atoms with Crippen LogP contribution >= 0.6 is 0 Å². The number of benzene rings is 2. The van der Waals surface area contributed by atoms with Crippen LogP contribution in [0.3, 0.4) is 0 Å². The third kappa shape index (κ3) is 5.25. The monoisotopic (exact) mass is 464 g/mol. The molecule has 0 aliphatic carbocycles. The van der Waals surface area contributed by atoms with Gasteiger partial charge in [-0.25, -0.2) is 0 Å². The average Bonchev–Trinajstić information content (AvgIpc) is 3.40. The van der Waals surface area contributed by atoms with E-state index in [2.05, 4.69) is 31.9 Å². The number of pyridine rings is 1. The fourth-order valence-electron chi connectivity index (χ4n) is 3.53. The minimum atomic E-state index is -0.713. The van der Waals surface area contributed by atoms with E-state index >= 15 is 0 Å². The molecule has 4 rings (SSSR count). The number of carbonyl (C=O) groups excluding carboxylic acids is 2. The van der Waals surface area contributed by atoms with Crippen molar-refractivity contribution in [3.8, 4) is 17.2 Å². The van der Waals surface area contributed by atoms with Crippen LogP contribution in [0.15, 0.2) is 73.3 Å². The van der Waals surface area contributed by atoms with E-state index in [9.17, 15) is 14.9 Å². The Bertz CT molecular complexity index is 1430. The van der Waals surface area contributed by atoms with Gasteiger partial charge in [-0.1, -0.05) is 18.2 Å². The van der Waals surface area contributed by atoms with Gasteiger partial charge in [0.15, 0.2) is 0 Å². The predicted octanol–water partition coefficient (Wildman–Crippen LogP) is 5.09. The summed E-state index contributed by atoms with van der Waals surface area (Å²) in [6.45, 7) is 5.43. The second-order valence-electron chi connectivity index (χ2n) is 8.70. The summed E-state index contributed by atoms with van der Waals surface area (Å²) < 4.78 is 0. The zero-order valence-corrected chi connectivity index (χ0v) is 19.6. The molecule has 8 nitrogen and oxygen atoms in total. The first-order valence-corrected chi connectivity index (χ1v) is 11.0. The molecule has 0 saturated heterocycles. The number of hydrogen-bond acceptors (Lipinski definition) is 5. The predicted molar refractivity (Wildman–Crippen MR) is 134 cm³/mol. The van der Waals surface area contributed by atoms with Gasteiger partial charge < -0.3 is 10.6 Å². The standard InChI is InChI=1S/C27H24N6O2/c1-17-7-8-22(32-25(34)18-5-4-6-21(9-18)27(2,3)16-28)11-24(17)26(35)33-23-10-19(12-29-15-23)20-13-30-31-14-20/h4-15H,1-3H3,(H,30,31)(H,32,34)(H,33,35). The molecule has 0 atom stereocenters. The number of hydrogen-bond donors (Lipinski definition) is 3. The average molecular weight is 465 g/mol. The van der Waals surface area contributed by atoms with Gasteiger partial charge in [0.25, 0.3) is 11.8 Å². The van der Waals surface area contributed by atoms with Crippen LogP contribution in [0, 0.1) is 18.3 Å². The Balaban J connectivity index is 1.52. The maximum Gasteiger partial charge on any atom is 0.256 e. The number of nitrogens with one attached hydrogen (secondary N) is 3. The van der Waals surface area contributed by atoms with E-state index in [0.717, 1.165) is 22.3 Å². The number of carbonyl (C=O) groups is 2. The molecule has 174 valence electrons. The van der Waals surface area contributed by atoms with E-state index in [0.29, 0.717) is 22.5 Å². The molecule has 0 saturated carbocycles. The largest absolute Gasteiger partial charge is 0.322 e. The summed E-state index contributed by atoms with van der Waals surface area (Å²) in [5, 5.41) is 21.8.